The summed E-state index contributed by atoms with van der Waals surface area (Å²) in [4.78, 5) is 11.9. The lowest BCUT2D eigenvalue weighted by atomic mass is 10.1. The summed E-state index contributed by atoms with van der Waals surface area (Å²) in [7, 11) is 1.63. The lowest BCUT2D eigenvalue weighted by molar-refractivity contribution is -0.131. The van der Waals surface area contributed by atoms with Crippen molar-refractivity contribution in [3.8, 4) is 5.75 Å². The number of methoxy groups -OCH3 is 1. The fourth-order valence-electron chi connectivity index (χ4n) is 2.15. The molecule has 2 aromatic rings. The summed E-state index contributed by atoms with van der Waals surface area (Å²) in [6.45, 7) is 0. The lowest BCUT2D eigenvalue weighted by Gasteiger charge is -2.00. The first-order valence-corrected chi connectivity index (χ1v) is 6.61. The Kier molecular flexibility index (Phi) is 3.56. The predicted octanol–water partition coefficient (Wildman–Crippen LogP) is 3.68. The molecular formula is C18H14O3. The van der Waals surface area contributed by atoms with E-state index in [1.54, 1.807) is 13.2 Å². The van der Waals surface area contributed by atoms with Gasteiger partial charge in [-0.05, 0) is 35.4 Å². The highest BCUT2D eigenvalue weighted by molar-refractivity contribution is 6.19. The molecule has 0 atom stereocenters. The van der Waals surface area contributed by atoms with Crippen molar-refractivity contribution in [3.05, 3.63) is 77.6 Å². The van der Waals surface area contributed by atoms with Crippen LogP contribution in [0.5, 0.6) is 5.75 Å². The van der Waals surface area contributed by atoms with Gasteiger partial charge in [0.05, 0.1) is 12.7 Å². The summed E-state index contributed by atoms with van der Waals surface area (Å²) in [5.41, 5.74) is 2.39. The minimum Gasteiger partial charge on any atom is -0.497 e. The Balaban J connectivity index is 1.88. The average molecular weight is 278 g/mol. The van der Waals surface area contributed by atoms with E-state index in [0.29, 0.717) is 11.3 Å². The number of ether oxygens (including phenoxy) is 2. The molecule has 0 radical (unpaired) electrons. The van der Waals surface area contributed by atoms with Gasteiger partial charge in [0.15, 0.2) is 0 Å². The molecule has 0 amide bonds. The molecule has 0 aliphatic carbocycles. The molecule has 1 heterocycles. The zero-order valence-electron chi connectivity index (χ0n) is 11.6. The molecule has 3 rings (SSSR count). The van der Waals surface area contributed by atoms with Gasteiger partial charge in [-0.25, -0.2) is 4.79 Å². The van der Waals surface area contributed by atoms with Crippen molar-refractivity contribution >= 4 is 17.6 Å². The maximum Gasteiger partial charge on any atom is 0.344 e. The number of cyclic esters (lactones) is 1. The van der Waals surface area contributed by atoms with Gasteiger partial charge in [0, 0.05) is 0 Å². The first kappa shape index (κ1) is 13.2. The molecule has 0 spiro atoms. The van der Waals surface area contributed by atoms with E-state index >= 15 is 0 Å². The molecule has 1 aliphatic heterocycles. The topological polar surface area (TPSA) is 35.5 Å². The third-order valence-corrected chi connectivity index (χ3v) is 3.23. The van der Waals surface area contributed by atoms with Gasteiger partial charge in [-0.2, -0.15) is 0 Å². The van der Waals surface area contributed by atoms with Gasteiger partial charge in [0.2, 0.25) is 0 Å². The standard InChI is InChI=1S/C18H14O3/c1-20-15-9-7-13(8-10-15)11-16-12-17(18(19)21-16)14-5-3-2-4-6-14/h2-12H,1H3. The Hall–Kier alpha value is -2.81. The van der Waals surface area contributed by atoms with Crippen LogP contribution in [-0.2, 0) is 9.53 Å². The Morgan fingerprint density at radius 1 is 1.00 bits per heavy atom. The maximum absolute atomic E-state index is 11.9. The highest BCUT2D eigenvalue weighted by Crippen LogP contribution is 2.27. The van der Waals surface area contributed by atoms with E-state index in [9.17, 15) is 4.79 Å². The van der Waals surface area contributed by atoms with E-state index < -0.39 is 0 Å². The summed E-state index contributed by atoms with van der Waals surface area (Å²) >= 11 is 0. The highest BCUT2D eigenvalue weighted by atomic mass is 16.5. The third kappa shape index (κ3) is 2.87. The second kappa shape index (κ2) is 5.67. The van der Waals surface area contributed by atoms with Crippen LogP contribution in [0.25, 0.3) is 11.6 Å². The van der Waals surface area contributed by atoms with Gasteiger partial charge in [-0.15, -0.1) is 0 Å². The Morgan fingerprint density at radius 2 is 1.71 bits per heavy atom. The summed E-state index contributed by atoms with van der Waals surface area (Å²) in [5, 5.41) is 0. The number of benzene rings is 2. The molecule has 3 nitrogen and oxygen atoms in total. The minimum atomic E-state index is -0.319. The first-order chi connectivity index (χ1) is 10.3. The van der Waals surface area contributed by atoms with Crippen molar-refractivity contribution in [2.24, 2.45) is 0 Å². The molecule has 2 aromatic carbocycles. The number of carbonyl (C=O) groups is 1. The summed E-state index contributed by atoms with van der Waals surface area (Å²) in [6.07, 6.45) is 3.59. The van der Waals surface area contributed by atoms with Gasteiger partial charge in [-0.1, -0.05) is 42.5 Å². The smallest absolute Gasteiger partial charge is 0.344 e. The molecule has 1 aliphatic rings. The second-order valence-electron chi connectivity index (χ2n) is 4.63. The van der Waals surface area contributed by atoms with Crippen LogP contribution in [0.2, 0.25) is 0 Å². The molecule has 0 fully saturated rings. The molecular weight excluding hydrogens is 264 g/mol. The largest absolute Gasteiger partial charge is 0.497 e. The quantitative estimate of drug-likeness (QED) is 0.803. The van der Waals surface area contributed by atoms with Gasteiger partial charge in [-0.3, -0.25) is 0 Å². The van der Waals surface area contributed by atoms with Gasteiger partial charge >= 0.3 is 5.97 Å². The molecule has 0 bridgehead atoms. The van der Waals surface area contributed by atoms with Gasteiger partial charge < -0.3 is 9.47 Å². The Labute approximate surface area is 123 Å². The normalized spacial score (nSPS) is 15.8. The number of hydrogen-bond donors (Lipinski definition) is 0. The van der Waals surface area contributed by atoms with Crippen molar-refractivity contribution in [2.45, 2.75) is 0 Å². The average Bonchev–Trinajstić information content (AvgIpc) is 2.89. The molecule has 0 aromatic heterocycles. The van der Waals surface area contributed by atoms with Gasteiger partial charge in [0.1, 0.15) is 11.5 Å². The molecule has 0 N–H and O–H groups in total. The lowest BCUT2D eigenvalue weighted by Crippen LogP contribution is -1.97. The van der Waals surface area contributed by atoms with Crippen molar-refractivity contribution < 1.29 is 14.3 Å². The minimum absolute atomic E-state index is 0.319. The van der Waals surface area contributed by atoms with Crippen LogP contribution < -0.4 is 4.74 Å². The third-order valence-electron chi connectivity index (χ3n) is 3.23. The van der Waals surface area contributed by atoms with E-state index in [0.717, 1.165) is 16.9 Å². The Morgan fingerprint density at radius 3 is 2.38 bits per heavy atom. The van der Waals surface area contributed by atoms with Crippen LogP contribution in [0, 0.1) is 0 Å². The molecule has 0 unspecified atom stereocenters. The summed E-state index contributed by atoms with van der Waals surface area (Å²) in [5.74, 6) is 1.02. The van der Waals surface area contributed by atoms with Crippen molar-refractivity contribution in [3.63, 3.8) is 0 Å². The van der Waals surface area contributed by atoms with Crippen molar-refractivity contribution in [2.75, 3.05) is 7.11 Å². The van der Waals surface area contributed by atoms with Crippen LogP contribution in [0.15, 0.2) is 66.4 Å². The van der Waals surface area contributed by atoms with Crippen molar-refractivity contribution in [1.29, 1.82) is 0 Å². The van der Waals surface area contributed by atoms with Crippen LogP contribution in [0.1, 0.15) is 11.1 Å². The Bertz CT molecular complexity index is 710. The molecule has 0 saturated carbocycles. The predicted molar refractivity (Wildman–Crippen MR) is 81.5 cm³/mol. The number of carbonyl (C=O) groups excluding carboxylic acids is 1. The first-order valence-electron chi connectivity index (χ1n) is 6.61. The SMILES string of the molecule is COc1ccc(C=C2C=C(c3ccccc3)C(=O)O2)cc1. The maximum atomic E-state index is 11.9. The van der Waals surface area contributed by atoms with Crippen LogP contribution in [0.4, 0.5) is 0 Å². The molecule has 21 heavy (non-hydrogen) atoms. The summed E-state index contributed by atoms with van der Waals surface area (Å²) in [6, 6.07) is 17.0. The van der Waals surface area contributed by atoms with Crippen LogP contribution in [0.3, 0.4) is 0 Å². The summed E-state index contributed by atoms with van der Waals surface area (Å²) < 4.78 is 10.4. The molecule has 104 valence electrons. The second-order valence-corrected chi connectivity index (χ2v) is 4.63. The number of rotatable bonds is 3. The van der Waals surface area contributed by atoms with Crippen molar-refractivity contribution in [1.82, 2.24) is 0 Å². The zero-order chi connectivity index (χ0) is 14.7. The fraction of sp³-hybridized carbons (Fsp3) is 0.0556. The van der Waals surface area contributed by atoms with Crippen LogP contribution in [-0.4, -0.2) is 13.1 Å². The monoisotopic (exact) mass is 278 g/mol. The van der Waals surface area contributed by atoms with Crippen LogP contribution >= 0.6 is 0 Å². The van der Waals surface area contributed by atoms with E-state index in [1.165, 1.54) is 0 Å². The molecule has 0 saturated heterocycles. The zero-order valence-corrected chi connectivity index (χ0v) is 11.6. The fourth-order valence-corrected chi connectivity index (χ4v) is 2.15. The number of esters is 1. The molecule has 3 heteroatoms. The van der Waals surface area contributed by atoms with E-state index in [1.807, 2.05) is 60.7 Å². The van der Waals surface area contributed by atoms with E-state index in [2.05, 4.69) is 0 Å². The van der Waals surface area contributed by atoms with E-state index in [4.69, 9.17) is 9.47 Å². The highest BCUT2D eigenvalue weighted by Gasteiger charge is 2.22. The van der Waals surface area contributed by atoms with Gasteiger partial charge in [0.25, 0.3) is 0 Å². The number of allylic oxidation sites excluding steroid dienone is 1. The number of hydrogen-bond acceptors (Lipinski definition) is 3. The van der Waals surface area contributed by atoms with E-state index in [-0.39, 0.29) is 5.97 Å².